The standard InChI is InChI=1S/C19H21N5O2S/c1-24-10-14(21-11-24)18-22-13(8-17(25)23-18)9-20-19(26)16-7-12-5-3-2-4-6-15(12)27-16/h7-8,10-11H,2-6,9H2,1H3,(H,20,26)(H,22,23,25). The minimum atomic E-state index is -0.266. The lowest BCUT2D eigenvalue weighted by atomic mass is 10.1. The first-order valence-electron chi connectivity index (χ1n) is 9.07. The molecule has 0 saturated heterocycles. The Balaban J connectivity index is 1.48. The third-order valence-electron chi connectivity index (χ3n) is 4.64. The van der Waals surface area contributed by atoms with Gasteiger partial charge in [0, 0.05) is 24.2 Å². The molecule has 0 fully saturated rings. The van der Waals surface area contributed by atoms with Crippen molar-refractivity contribution in [3.05, 3.63) is 56.0 Å². The number of aryl methyl sites for hydroxylation is 3. The second-order valence-electron chi connectivity index (χ2n) is 6.81. The molecular formula is C19H21N5O2S. The molecule has 7 nitrogen and oxygen atoms in total. The van der Waals surface area contributed by atoms with E-state index in [0.29, 0.717) is 17.2 Å². The van der Waals surface area contributed by atoms with Crippen molar-refractivity contribution in [3.8, 4) is 11.5 Å². The zero-order valence-electron chi connectivity index (χ0n) is 15.1. The van der Waals surface area contributed by atoms with Gasteiger partial charge >= 0.3 is 0 Å². The van der Waals surface area contributed by atoms with Crippen molar-refractivity contribution in [2.75, 3.05) is 0 Å². The topological polar surface area (TPSA) is 92.7 Å². The predicted molar refractivity (Wildman–Crippen MR) is 104 cm³/mol. The molecule has 140 valence electrons. The van der Waals surface area contributed by atoms with Gasteiger partial charge in [-0.05, 0) is 37.3 Å². The summed E-state index contributed by atoms with van der Waals surface area (Å²) in [5.74, 6) is 0.282. The minimum absolute atomic E-state index is 0.116. The van der Waals surface area contributed by atoms with Crippen LogP contribution in [0.4, 0.5) is 0 Å². The monoisotopic (exact) mass is 383 g/mol. The summed E-state index contributed by atoms with van der Waals surface area (Å²) in [6.07, 6.45) is 9.19. The molecule has 1 aliphatic carbocycles. The highest BCUT2D eigenvalue weighted by Gasteiger charge is 2.16. The van der Waals surface area contributed by atoms with Gasteiger partial charge < -0.3 is 14.9 Å². The molecule has 0 unspecified atom stereocenters. The molecule has 1 amide bonds. The van der Waals surface area contributed by atoms with E-state index in [2.05, 4.69) is 20.3 Å². The summed E-state index contributed by atoms with van der Waals surface area (Å²) >= 11 is 1.58. The van der Waals surface area contributed by atoms with E-state index in [9.17, 15) is 9.59 Å². The van der Waals surface area contributed by atoms with E-state index in [1.165, 1.54) is 35.8 Å². The smallest absolute Gasteiger partial charge is 0.261 e. The van der Waals surface area contributed by atoms with Gasteiger partial charge in [-0.25, -0.2) is 9.97 Å². The third kappa shape index (κ3) is 4.00. The quantitative estimate of drug-likeness (QED) is 0.677. The van der Waals surface area contributed by atoms with Crippen LogP contribution in [0.2, 0.25) is 0 Å². The van der Waals surface area contributed by atoms with Gasteiger partial charge in [0.2, 0.25) is 0 Å². The number of fused-ring (bicyclic) bond motifs is 1. The van der Waals surface area contributed by atoms with Gasteiger partial charge in [-0.15, -0.1) is 11.3 Å². The first kappa shape index (κ1) is 17.7. The van der Waals surface area contributed by atoms with Crippen LogP contribution in [0.3, 0.4) is 0 Å². The number of H-pyrrole nitrogens is 1. The molecule has 3 heterocycles. The molecule has 0 aliphatic heterocycles. The van der Waals surface area contributed by atoms with Crippen molar-refractivity contribution < 1.29 is 4.79 Å². The minimum Gasteiger partial charge on any atom is -0.346 e. The second kappa shape index (κ2) is 7.48. The number of hydrogen-bond acceptors (Lipinski definition) is 5. The van der Waals surface area contributed by atoms with Crippen molar-refractivity contribution in [2.45, 2.75) is 38.6 Å². The summed E-state index contributed by atoms with van der Waals surface area (Å²) in [4.78, 5) is 37.8. The number of carbonyl (C=O) groups excluding carboxylic acids is 1. The summed E-state index contributed by atoms with van der Waals surface area (Å²) in [6.45, 7) is 0.200. The lowest BCUT2D eigenvalue weighted by Gasteiger charge is -2.04. The van der Waals surface area contributed by atoms with Gasteiger partial charge in [0.05, 0.1) is 23.4 Å². The largest absolute Gasteiger partial charge is 0.346 e. The average Bonchev–Trinajstić information content (AvgIpc) is 3.20. The second-order valence-corrected chi connectivity index (χ2v) is 7.95. The van der Waals surface area contributed by atoms with Gasteiger partial charge in [-0.1, -0.05) is 6.42 Å². The number of carbonyl (C=O) groups is 1. The number of imidazole rings is 1. The third-order valence-corrected chi connectivity index (χ3v) is 5.88. The van der Waals surface area contributed by atoms with Crippen molar-refractivity contribution in [1.29, 1.82) is 0 Å². The van der Waals surface area contributed by atoms with Crippen LogP contribution in [-0.2, 0) is 26.4 Å². The average molecular weight is 383 g/mol. The maximum atomic E-state index is 12.5. The number of thiophene rings is 1. The maximum absolute atomic E-state index is 12.5. The van der Waals surface area contributed by atoms with Gasteiger partial charge in [0.15, 0.2) is 5.82 Å². The van der Waals surface area contributed by atoms with E-state index in [4.69, 9.17) is 0 Å². The van der Waals surface area contributed by atoms with Crippen LogP contribution in [0.5, 0.6) is 0 Å². The van der Waals surface area contributed by atoms with Crippen molar-refractivity contribution in [1.82, 2.24) is 24.8 Å². The summed E-state index contributed by atoms with van der Waals surface area (Å²) < 4.78 is 1.78. The Morgan fingerprint density at radius 2 is 2.15 bits per heavy atom. The zero-order chi connectivity index (χ0) is 18.8. The molecule has 0 bridgehead atoms. The Morgan fingerprint density at radius 3 is 2.96 bits per heavy atom. The number of amides is 1. The molecule has 0 atom stereocenters. The fourth-order valence-electron chi connectivity index (χ4n) is 3.29. The Hall–Kier alpha value is -2.74. The van der Waals surface area contributed by atoms with Gasteiger partial charge in [0.1, 0.15) is 5.69 Å². The Bertz CT molecular complexity index is 1010. The fourth-order valence-corrected chi connectivity index (χ4v) is 4.46. The van der Waals surface area contributed by atoms with Gasteiger partial charge in [0.25, 0.3) is 11.5 Å². The van der Waals surface area contributed by atoms with E-state index in [1.54, 1.807) is 28.4 Å². The van der Waals surface area contributed by atoms with Crippen LogP contribution in [0, 0.1) is 0 Å². The normalized spacial score (nSPS) is 13.8. The first-order chi connectivity index (χ1) is 13.1. The molecule has 3 aromatic heterocycles. The molecule has 8 heteroatoms. The van der Waals surface area contributed by atoms with Crippen LogP contribution in [0.25, 0.3) is 11.5 Å². The highest BCUT2D eigenvalue weighted by Crippen LogP contribution is 2.28. The molecule has 0 radical (unpaired) electrons. The molecule has 27 heavy (non-hydrogen) atoms. The van der Waals surface area contributed by atoms with E-state index in [1.807, 2.05) is 13.1 Å². The number of nitrogens with zero attached hydrogens (tertiary/aromatic N) is 3. The maximum Gasteiger partial charge on any atom is 0.261 e. The van der Waals surface area contributed by atoms with Crippen molar-refractivity contribution in [2.24, 2.45) is 7.05 Å². The number of rotatable bonds is 4. The number of aromatic amines is 1. The lowest BCUT2D eigenvalue weighted by Crippen LogP contribution is -2.24. The molecule has 2 N–H and O–H groups in total. The molecule has 0 saturated carbocycles. The fraction of sp³-hybridized carbons (Fsp3) is 0.368. The molecule has 4 rings (SSSR count). The highest BCUT2D eigenvalue weighted by atomic mass is 32.1. The van der Waals surface area contributed by atoms with Crippen molar-refractivity contribution in [3.63, 3.8) is 0 Å². The Labute approximate surface area is 160 Å². The van der Waals surface area contributed by atoms with Crippen LogP contribution in [0.1, 0.15) is 45.1 Å². The van der Waals surface area contributed by atoms with Crippen LogP contribution >= 0.6 is 11.3 Å². The Morgan fingerprint density at radius 1 is 1.30 bits per heavy atom. The van der Waals surface area contributed by atoms with Gasteiger partial charge in [-0.2, -0.15) is 0 Å². The number of nitrogens with one attached hydrogen (secondary N) is 2. The Kier molecular flexibility index (Phi) is 4.89. The summed E-state index contributed by atoms with van der Waals surface area (Å²) in [5.41, 5.74) is 2.14. The van der Waals surface area contributed by atoms with Crippen molar-refractivity contribution >= 4 is 17.2 Å². The van der Waals surface area contributed by atoms with Crippen LogP contribution in [-0.4, -0.2) is 25.4 Å². The summed E-state index contributed by atoms with van der Waals surface area (Å²) in [5, 5.41) is 2.88. The van der Waals surface area contributed by atoms with E-state index in [-0.39, 0.29) is 18.0 Å². The lowest BCUT2D eigenvalue weighted by molar-refractivity contribution is 0.0954. The van der Waals surface area contributed by atoms with Gasteiger partial charge in [-0.3, -0.25) is 9.59 Å². The van der Waals surface area contributed by atoms with E-state index >= 15 is 0 Å². The molecule has 3 aromatic rings. The van der Waals surface area contributed by atoms with Crippen LogP contribution in [0.15, 0.2) is 29.5 Å². The summed E-state index contributed by atoms with van der Waals surface area (Å²) in [7, 11) is 1.85. The van der Waals surface area contributed by atoms with E-state index in [0.717, 1.165) is 17.7 Å². The zero-order valence-corrected chi connectivity index (χ0v) is 15.9. The molecular weight excluding hydrogens is 362 g/mol. The summed E-state index contributed by atoms with van der Waals surface area (Å²) in [6, 6.07) is 3.42. The van der Waals surface area contributed by atoms with Crippen LogP contribution < -0.4 is 10.9 Å². The molecule has 0 spiro atoms. The number of hydrogen-bond donors (Lipinski definition) is 2. The molecule has 1 aliphatic rings. The van der Waals surface area contributed by atoms with E-state index < -0.39 is 0 Å². The SMILES string of the molecule is Cn1cnc(-c2nc(CNC(=O)c3cc4c(s3)CCCCC4)cc(=O)[nH]2)c1. The molecule has 0 aromatic carbocycles. The first-order valence-corrected chi connectivity index (χ1v) is 9.88. The predicted octanol–water partition coefficient (Wildman–Crippen LogP) is 2.43. The highest BCUT2D eigenvalue weighted by molar-refractivity contribution is 7.14. The number of aromatic nitrogens is 4.